The Morgan fingerprint density at radius 2 is 1.72 bits per heavy atom. The average Bonchev–Trinajstić information content (AvgIpc) is 2.59. The maximum Gasteiger partial charge on any atom is 0.0440 e. The molecular formula is C24H31N. The smallest absolute Gasteiger partial charge is 0.0440 e. The molecule has 2 aromatic carbocycles. The summed E-state index contributed by atoms with van der Waals surface area (Å²) >= 11 is 0. The number of hydrogen-bond donors (Lipinski definition) is 0. The molecule has 0 unspecified atom stereocenters. The van der Waals surface area contributed by atoms with Gasteiger partial charge in [-0.3, -0.25) is 0 Å². The van der Waals surface area contributed by atoms with Crippen molar-refractivity contribution in [3.8, 4) is 0 Å². The molecule has 0 saturated carbocycles. The van der Waals surface area contributed by atoms with Gasteiger partial charge in [-0.1, -0.05) is 68.5 Å². The molecule has 0 heterocycles. The normalized spacial score (nSPS) is 11.7. The highest BCUT2D eigenvalue weighted by Gasteiger charge is 2.11. The summed E-state index contributed by atoms with van der Waals surface area (Å²) in [6.45, 7) is 12.8. The summed E-state index contributed by atoms with van der Waals surface area (Å²) in [5.74, 6) is 0.563. The Morgan fingerprint density at radius 1 is 1.04 bits per heavy atom. The third-order valence-electron chi connectivity index (χ3n) is 4.75. The third kappa shape index (κ3) is 4.85. The van der Waals surface area contributed by atoms with Crippen LogP contribution in [0.4, 0.5) is 11.4 Å². The minimum Gasteiger partial charge on any atom is -0.344 e. The molecule has 0 atom stereocenters. The molecule has 0 N–H and O–H groups in total. The van der Waals surface area contributed by atoms with Gasteiger partial charge in [0.05, 0.1) is 0 Å². The van der Waals surface area contributed by atoms with Crippen LogP contribution < -0.4 is 4.90 Å². The summed E-state index contributed by atoms with van der Waals surface area (Å²) in [5, 5.41) is 0. The summed E-state index contributed by atoms with van der Waals surface area (Å²) in [4.78, 5) is 2.30. The Labute approximate surface area is 153 Å². The van der Waals surface area contributed by atoms with Crippen LogP contribution in [0.2, 0.25) is 0 Å². The van der Waals surface area contributed by atoms with E-state index in [0.717, 1.165) is 12.8 Å². The minimum atomic E-state index is 0.563. The molecule has 0 amide bonds. The molecule has 0 aliphatic heterocycles. The first-order valence-electron chi connectivity index (χ1n) is 9.15. The maximum absolute atomic E-state index is 3.97. The van der Waals surface area contributed by atoms with Crippen LogP contribution in [0.5, 0.6) is 0 Å². The van der Waals surface area contributed by atoms with Crippen molar-refractivity contribution >= 4 is 11.4 Å². The van der Waals surface area contributed by atoms with Gasteiger partial charge in [0.2, 0.25) is 0 Å². The second-order valence-electron chi connectivity index (χ2n) is 7.10. The van der Waals surface area contributed by atoms with Gasteiger partial charge < -0.3 is 4.90 Å². The first kappa shape index (κ1) is 19.1. The highest BCUT2D eigenvalue weighted by atomic mass is 15.1. The first-order valence-corrected chi connectivity index (χ1v) is 9.15. The highest BCUT2D eigenvalue weighted by Crippen LogP contribution is 2.31. The van der Waals surface area contributed by atoms with Gasteiger partial charge in [-0.15, -0.1) is 0 Å². The van der Waals surface area contributed by atoms with E-state index in [4.69, 9.17) is 0 Å². The number of aryl methyl sites for hydroxylation is 2. The zero-order valence-electron chi connectivity index (χ0n) is 16.3. The highest BCUT2D eigenvalue weighted by molar-refractivity contribution is 5.69. The number of allylic oxidation sites excluding steroid dienone is 3. The quantitative estimate of drug-likeness (QED) is 0.505. The van der Waals surface area contributed by atoms with Crippen molar-refractivity contribution < 1.29 is 0 Å². The average molecular weight is 334 g/mol. The van der Waals surface area contributed by atoms with Crippen molar-refractivity contribution in [2.75, 3.05) is 11.9 Å². The van der Waals surface area contributed by atoms with Crippen LogP contribution in [0, 0.1) is 19.8 Å². The molecule has 0 bridgehead atoms. The number of para-hydroxylation sites is 1. The summed E-state index contributed by atoms with van der Waals surface area (Å²) in [7, 11) is 2.16. The number of nitrogens with zero attached hydrogens (tertiary/aromatic N) is 1. The molecular weight excluding hydrogens is 302 g/mol. The van der Waals surface area contributed by atoms with Gasteiger partial charge in [-0.05, 0) is 61.4 Å². The lowest BCUT2D eigenvalue weighted by Crippen LogP contribution is -2.13. The zero-order chi connectivity index (χ0) is 18.4. The molecule has 25 heavy (non-hydrogen) atoms. The molecule has 0 aliphatic rings. The van der Waals surface area contributed by atoms with Crippen LogP contribution >= 0.6 is 0 Å². The first-order chi connectivity index (χ1) is 11.9. The number of anilines is 2. The second-order valence-corrected chi connectivity index (χ2v) is 7.10. The van der Waals surface area contributed by atoms with E-state index in [1.165, 1.54) is 33.6 Å². The van der Waals surface area contributed by atoms with Crippen LogP contribution in [0.15, 0.2) is 66.8 Å². The van der Waals surface area contributed by atoms with Gasteiger partial charge >= 0.3 is 0 Å². The number of hydrogen-bond acceptors (Lipinski definition) is 1. The maximum atomic E-state index is 3.97. The molecule has 0 fully saturated rings. The zero-order valence-corrected chi connectivity index (χ0v) is 16.3. The van der Waals surface area contributed by atoms with E-state index in [0.29, 0.717) is 5.92 Å². The fourth-order valence-electron chi connectivity index (χ4n) is 3.33. The summed E-state index contributed by atoms with van der Waals surface area (Å²) < 4.78 is 0. The number of rotatable bonds is 7. The van der Waals surface area contributed by atoms with E-state index in [1.807, 2.05) is 6.08 Å². The Bertz CT molecular complexity index is 752. The Hall–Kier alpha value is -2.28. The Kier molecular flexibility index (Phi) is 6.64. The molecule has 0 spiro atoms. The molecule has 1 heteroatoms. The van der Waals surface area contributed by atoms with E-state index in [9.17, 15) is 0 Å². The van der Waals surface area contributed by atoms with E-state index >= 15 is 0 Å². The Morgan fingerprint density at radius 3 is 2.36 bits per heavy atom. The lowest BCUT2D eigenvalue weighted by molar-refractivity contribution is 0.810. The second kappa shape index (κ2) is 8.71. The van der Waals surface area contributed by atoms with E-state index < -0.39 is 0 Å². The van der Waals surface area contributed by atoms with Crippen LogP contribution in [-0.2, 0) is 6.42 Å². The van der Waals surface area contributed by atoms with Crippen LogP contribution in [0.25, 0.3) is 0 Å². The minimum absolute atomic E-state index is 0.563. The molecule has 0 radical (unpaired) electrons. The molecule has 0 saturated heterocycles. The lowest BCUT2D eigenvalue weighted by atomic mass is 9.97. The van der Waals surface area contributed by atoms with Crippen molar-refractivity contribution in [3.63, 3.8) is 0 Å². The molecule has 2 aromatic rings. The van der Waals surface area contributed by atoms with Crippen LogP contribution in [0.3, 0.4) is 0 Å². The van der Waals surface area contributed by atoms with E-state index in [1.54, 1.807) is 0 Å². The van der Waals surface area contributed by atoms with Gasteiger partial charge in [0.25, 0.3) is 0 Å². The summed E-state index contributed by atoms with van der Waals surface area (Å²) in [5.41, 5.74) is 7.94. The van der Waals surface area contributed by atoms with Crippen molar-refractivity contribution in [2.45, 2.75) is 40.5 Å². The molecule has 0 aromatic heterocycles. The van der Waals surface area contributed by atoms with Crippen LogP contribution in [-0.4, -0.2) is 7.05 Å². The largest absolute Gasteiger partial charge is 0.344 e. The summed E-state index contributed by atoms with van der Waals surface area (Å²) in [6.07, 6.45) is 6.40. The monoisotopic (exact) mass is 333 g/mol. The van der Waals surface area contributed by atoms with E-state index in [2.05, 4.69) is 94.8 Å². The molecule has 0 aliphatic carbocycles. The Balaban J connectivity index is 2.25. The van der Waals surface area contributed by atoms with Crippen molar-refractivity contribution in [1.29, 1.82) is 0 Å². The van der Waals surface area contributed by atoms with Gasteiger partial charge in [0.1, 0.15) is 0 Å². The SMILES string of the molecule is C=CC(=CC(C)C)CCc1cccc(N(C)c2ccccc2C)c1C. The van der Waals surface area contributed by atoms with Crippen molar-refractivity contribution in [1.82, 2.24) is 0 Å². The van der Waals surface area contributed by atoms with Gasteiger partial charge in [-0.25, -0.2) is 0 Å². The van der Waals surface area contributed by atoms with Gasteiger partial charge in [0.15, 0.2) is 0 Å². The lowest BCUT2D eigenvalue weighted by Gasteiger charge is -2.25. The predicted molar refractivity (Wildman–Crippen MR) is 112 cm³/mol. The fraction of sp³-hybridized carbons (Fsp3) is 0.333. The molecule has 132 valence electrons. The van der Waals surface area contributed by atoms with Crippen molar-refractivity contribution in [3.05, 3.63) is 83.5 Å². The van der Waals surface area contributed by atoms with E-state index in [-0.39, 0.29) is 0 Å². The standard InChI is InChI=1S/C24H31N/c1-7-21(17-18(2)3)15-16-22-12-10-14-24(20(22)5)25(6)23-13-9-8-11-19(23)4/h7-14,17-18H,1,15-16H2,2-6H3. The fourth-order valence-corrected chi connectivity index (χ4v) is 3.33. The van der Waals surface area contributed by atoms with Gasteiger partial charge in [-0.2, -0.15) is 0 Å². The van der Waals surface area contributed by atoms with Crippen molar-refractivity contribution in [2.24, 2.45) is 5.92 Å². The predicted octanol–water partition coefficient (Wildman–Crippen LogP) is 6.77. The topological polar surface area (TPSA) is 3.24 Å². The molecule has 2 rings (SSSR count). The molecule has 1 nitrogen and oxygen atoms in total. The summed E-state index contributed by atoms with van der Waals surface area (Å²) in [6, 6.07) is 15.2. The van der Waals surface area contributed by atoms with Crippen LogP contribution in [0.1, 0.15) is 37.0 Å². The van der Waals surface area contributed by atoms with Gasteiger partial charge in [0, 0.05) is 18.4 Å². The number of benzene rings is 2. The third-order valence-corrected chi connectivity index (χ3v) is 4.75.